The first-order chi connectivity index (χ1) is 9.29. The number of pyridine rings is 1. The number of hydrogen-bond donors (Lipinski definition) is 0. The number of hydrogen-bond acceptors (Lipinski definition) is 4. The van der Waals surface area contributed by atoms with Gasteiger partial charge in [-0.25, -0.2) is 0 Å². The molecule has 0 saturated carbocycles. The van der Waals surface area contributed by atoms with E-state index in [-0.39, 0.29) is 0 Å². The van der Waals surface area contributed by atoms with Crippen LogP contribution in [0.3, 0.4) is 0 Å². The molecular formula is C15H25N3O. The Kier molecular flexibility index (Phi) is 5.45. The first-order valence-corrected chi connectivity index (χ1v) is 7.31. The fraction of sp³-hybridized carbons (Fsp3) is 0.667. The molecular weight excluding hydrogens is 238 g/mol. The zero-order valence-electron chi connectivity index (χ0n) is 12.1. The zero-order valence-corrected chi connectivity index (χ0v) is 12.1. The van der Waals surface area contributed by atoms with Crippen molar-refractivity contribution in [2.24, 2.45) is 0 Å². The number of anilines is 1. The van der Waals surface area contributed by atoms with E-state index in [1.54, 1.807) is 0 Å². The van der Waals surface area contributed by atoms with Gasteiger partial charge in [-0.1, -0.05) is 13.3 Å². The second-order valence-electron chi connectivity index (χ2n) is 5.22. The van der Waals surface area contributed by atoms with Crippen LogP contribution in [-0.4, -0.2) is 49.7 Å². The molecule has 0 spiro atoms. The Balaban J connectivity index is 1.97. The normalized spacial score (nSPS) is 17.3. The van der Waals surface area contributed by atoms with Crippen molar-refractivity contribution < 1.29 is 4.74 Å². The van der Waals surface area contributed by atoms with Gasteiger partial charge in [0.05, 0.1) is 24.7 Å². The highest BCUT2D eigenvalue weighted by molar-refractivity contribution is 5.48. The van der Waals surface area contributed by atoms with Crippen LogP contribution in [-0.2, 0) is 0 Å². The lowest BCUT2D eigenvalue weighted by Crippen LogP contribution is -2.28. The van der Waals surface area contributed by atoms with E-state index in [0.717, 1.165) is 44.8 Å². The van der Waals surface area contributed by atoms with Crippen LogP contribution < -0.4 is 9.64 Å². The molecule has 1 aromatic heterocycles. The van der Waals surface area contributed by atoms with E-state index >= 15 is 0 Å². The van der Waals surface area contributed by atoms with Crippen LogP contribution >= 0.6 is 0 Å². The van der Waals surface area contributed by atoms with E-state index in [9.17, 15) is 0 Å². The summed E-state index contributed by atoms with van der Waals surface area (Å²) in [6.07, 6.45) is 7.21. The summed E-state index contributed by atoms with van der Waals surface area (Å²) in [4.78, 5) is 9.10. The van der Waals surface area contributed by atoms with Gasteiger partial charge in [0.15, 0.2) is 0 Å². The second-order valence-corrected chi connectivity index (χ2v) is 5.22. The van der Waals surface area contributed by atoms with Gasteiger partial charge < -0.3 is 14.5 Å². The highest BCUT2D eigenvalue weighted by atomic mass is 16.5. The molecule has 0 radical (unpaired) electrons. The highest BCUT2D eigenvalue weighted by Crippen LogP contribution is 2.21. The fourth-order valence-electron chi connectivity index (χ4n) is 2.30. The summed E-state index contributed by atoms with van der Waals surface area (Å²) in [6.45, 7) is 7.41. The average Bonchev–Trinajstić information content (AvgIpc) is 2.64. The smallest absolute Gasteiger partial charge is 0.139 e. The van der Waals surface area contributed by atoms with Gasteiger partial charge in [-0.3, -0.25) is 4.98 Å². The highest BCUT2D eigenvalue weighted by Gasteiger charge is 2.13. The minimum atomic E-state index is 0.782. The molecule has 19 heavy (non-hydrogen) atoms. The molecule has 1 fully saturated rings. The molecule has 106 valence electrons. The fourth-order valence-corrected chi connectivity index (χ4v) is 2.30. The molecule has 0 bridgehead atoms. The van der Waals surface area contributed by atoms with E-state index in [1.165, 1.54) is 18.7 Å². The molecule has 2 heterocycles. The number of aromatic nitrogens is 1. The third-order valence-corrected chi connectivity index (χ3v) is 3.55. The number of ether oxygens (including phenoxy) is 1. The lowest BCUT2D eigenvalue weighted by molar-refractivity contribution is 0.308. The van der Waals surface area contributed by atoms with Crippen molar-refractivity contribution in [2.45, 2.75) is 26.2 Å². The third-order valence-electron chi connectivity index (χ3n) is 3.55. The number of rotatable bonds is 5. The van der Waals surface area contributed by atoms with E-state index < -0.39 is 0 Å². The molecule has 0 aromatic carbocycles. The minimum absolute atomic E-state index is 0.782. The maximum Gasteiger partial charge on any atom is 0.139 e. The van der Waals surface area contributed by atoms with Crippen LogP contribution in [0.2, 0.25) is 0 Å². The van der Waals surface area contributed by atoms with Crippen molar-refractivity contribution in [1.29, 1.82) is 0 Å². The molecule has 1 aromatic rings. The summed E-state index contributed by atoms with van der Waals surface area (Å²) in [6, 6.07) is 2.12. The van der Waals surface area contributed by atoms with Crippen molar-refractivity contribution in [3.8, 4) is 5.75 Å². The summed E-state index contributed by atoms with van der Waals surface area (Å²) < 4.78 is 5.73. The Bertz CT molecular complexity index is 383. The molecule has 0 unspecified atom stereocenters. The van der Waals surface area contributed by atoms with Gasteiger partial charge >= 0.3 is 0 Å². The molecule has 1 aliphatic rings. The Hall–Kier alpha value is -1.29. The summed E-state index contributed by atoms with van der Waals surface area (Å²) in [5.74, 6) is 0.892. The van der Waals surface area contributed by atoms with E-state index in [0.29, 0.717) is 0 Å². The molecule has 2 rings (SSSR count). The summed E-state index contributed by atoms with van der Waals surface area (Å²) in [5, 5.41) is 0. The van der Waals surface area contributed by atoms with E-state index in [1.807, 2.05) is 12.4 Å². The van der Waals surface area contributed by atoms with Gasteiger partial charge in [-0.15, -0.1) is 0 Å². The summed E-state index contributed by atoms with van der Waals surface area (Å²) in [5.41, 5.74) is 1.18. The first kappa shape index (κ1) is 14.1. The largest absolute Gasteiger partial charge is 0.492 e. The lowest BCUT2D eigenvalue weighted by atomic mass is 10.3. The molecule has 1 saturated heterocycles. The Morgan fingerprint density at radius 2 is 2.11 bits per heavy atom. The lowest BCUT2D eigenvalue weighted by Gasteiger charge is -2.22. The SMILES string of the molecule is CCCCOc1cncc(N2CCCN(C)CC2)c1. The summed E-state index contributed by atoms with van der Waals surface area (Å²) >= 11 is 0. The molecule has 0 aliphatic carbocycles. The van der Waals surface area contributed by atoms with Gasteiger partial charge in [-0.2, -0.15) is 0 Å². The molecule has 0 atom stereocenters. The van der Waals surface area contributed by atoms with Gasteiger partial charge in [0, 0.05) is 25.7 Å². The van der Waals surface area contributed by atoms with E-state index in [4.69, 9.17) is 4.74 Å². The minimum Gasteiger partial charge on any atom is -0.492 e. The van der Waals surface area contributed by atoms with Gasteiger partial charge in [0.25, 0.3) is 0 Å². The van der Waals surface area contributed by atoms with Gasteiger partial charge in [0.2, 0.25) is 0 Å². The van der Waals surface area contributed by atoms with Crippen molar-refractivity contribution in [3.05, 3.63) is 18.5 Å². The van der Waals surface area contributed by atoms with Crippen molar-refractivity contribution in [2.75, 3.05) is 44.7 Å². The number of unbranched alkanes of at least 4 members (excludes halogenated alkanes) is 1. The molecule has 1 aliphatic heterocycles. The number of nitrogens with zero attached hydrogens (tertiary/aromatic N) is 3. The molecule has 4 heteroatoms. The van der Waals surface area contributed by atoms with Crippen LogP contribution in [0.25, 0.3) is 0 Å². The second kappa shape index (κ2) is 7.34. The van der Waals surface area contributed by atoms with Crippen LogP contribution in [0.5, 0.6) is 5.75 Å². The van der Waals surface area contributed by atoms with Crippen LogP contribution in [0.4, 0.5) is 5.69 Å². The molecule has 0 amide bonds. The predicted molar refractivity (Wildman–Crippen MR) is 79.0 cm³/mol. The Morgan fingerprint density at radius 3 is 2.95 bits per heavy atom. The quantitative estimate of drug-likeness (QED) is 0.763. The molecule has 4 nitrogen and oxygen atoms in total. The summed E-state index contributed by atoms with van der Waals surface area (Å²) in [7, 11) is 2.19. The topological polar surface area (TPSA) is 28.6 Å². The van der Waals surface area contributed by atoms with Gasteiger partial charge in [-0.05, 0) is 26.4 Å². The third kappa shape index (κ3) is 4.39. The van der Waals surface area contributed by atoms with E-state index in [2.05, 4.69) is 34.8 Å². The Labute approximate surface area is 116 Å². The average molecular weight is 263 g/mol. The van der Waals surface area contributed by atoms with Gasteiger partial charge in [0.1, 0.15) is 5.75 Å². The van der Waals surface area contributed by atoms with Crippen molar-refractivity contribution >= 4 is 5.69 Å². The molecule has 0 N–H and O–H groups in total. The predicted octanol–water partition coefficient (Wildman–Crippen LogP) is 2.40. The first-order valence-electron chi connectivity index (χ1n) is 7.31. The van der Waals surface area contributed by atoms with Crippen molar-refractivity contribution in [1.82, 2.24) is 9.88 Å². The van der Waals surface area contributed by atoms with Crippen LogP contribution in [0.1, 0.15) is 26.2 Å². The van der Waals surface area contributed by atoms with Crippen molar-refractivity contribution in [3.63, 3.8) is 0 Å². The standard InChI is InChI=1S/C15H25N3O/c1-3-4-10-19-15-11-14(12-16-13-15)18-7-5-6-17(2)8-9-18/h11-13H,3-10H2,1-2H3. The van der Waals surface area contributed by atoms with Crippen LogP contribution in [0.15, 0.2) is 18.5 Å². The maximum absolute atomic E-state index is 5.73. The van der Waals surface area contributed by atoms with Crippen LogP contribution in [0, 0.1) is 0 Å². The monoisotopic (exact) mass is 263 g/mol. The Morgan fingerprint density at radius 1 is 1.21 bits per heavy atom. The maximum atomic E-state index is 5.73. The zero-order chi connectivity index (χ0) is 13.5. The number of likely N-dealkylation sites (N-methyl/N-ethyl adjacent to an activating group) is 1.